The number of allylic oxidation sites excluding steroid dienone is 2. The first-order chi connectivity index (χ1) is 16.0. The van der Waals surface area contributed by atoms with Gasteiger partial charge in [-0.2, -0.15) is 0 Å². The summed E-state index contributed by atoms with van der Waals surface area (Å²) < 4.78 is 11.3. The summed E-state index contributed by atoms with van der Waals surface area (Å²) in [5, 5.41) is 51.5. The molecule has 8 heteroatoms. The highest BCUT2D eigenvalue weighted by Gasteiger charge is 2.25. The average molecular weight is 469 g/mol. The predicted octanol–water partition coefficient (Wildman–Crippen LogP) is 4.28. The van der Waals surface area contributed by atoms with Crippen molar-refractivity contribution >= 4 is 11.0 Å². The molecule has 0 aliphatic carbocycles. The third-order valence-electron chi connectivity index (χ3n) is 5.52. The van der Waals surface area contributed by atoms with Crippen molar-refractivity contribution in [2.45, 2.75) is 39.7 Å². The molecule has 2 aromatic carbocycles. The summed E-state index contributed by atoms with van der Waals surface area (Å²) in [5.41, 5.74) is 1.40. The Balaban J connectivity index is 2.36. The van der Waals surface area contributed by atoms with Gasteiger partial charge in [-0.1, -0.05) is 23.8 Å². The van der Waals surface area contributed by atoms with Crippen LogP contribution in [-0.4, -0.2) is 38.7 Å². The van der Waals surface area contributed by atoms with Crippen LogP contribution in [0, 0.1) is 0 Å². The zero-order chi connectivity index (χ0) is 25.3. The summed E-state index contributed by atoms with van der Waals surface area (Å²) in [4.78, 5) is 13.3. The van der Waals surface area contributed by atoms with E-state index in [0.717, 1.165) is 11.6 Å². The molecule has 0 bridgehead atoms. The number of phenols is 4. The van der Waals surface area contributed by atoms with Crippen LogP contribution in [0.4, 0.5) is 0 Å². The summed E-state index contributed by atoms with van der Waals surface area (Å²) >= 11 is 0. The van der Waals surface area contributed by atoms with E-state index in [1.165, 1.54) is 19.2 Å². The van der Waals surface area contributed by atoms with E-state index in [0.29, 0.717) is 5.57 Å². The topological polar surface area (TPSA) is 141 Å². The van der Waals surface area contributed by atoms with Crippen molar-refractivity contribution in [3.63, 3.8) is 0 Å². The van der Waals surface area contributed by atoms with E-state index in [-0.39, 0.29) is 57.8 Å². The number of hydrogen-bond donors (Lipinski definition) is 5. The van der Waals surface area contributed by atoms with Crippen molar-refractivity contribution in [3.05, 3.63) is 63.4 Å². The molecule has 1 heterocycles. The second-order valence-electron chi connectivity index (χ2n) is 8.45. The molecule has 0 amide bonds. The van der Waals surface area contributed by atoms with Gasteiger partial charge in [0.25, 0.3) is 0 Å². The molecule has 8 nitrogen and oxygen atoms in total. The van der Waals surface area contributed by atoms with Crippen LogP contribution < -0.4 is 10.2 Å². The molecule has 3 aromatic rings. The number of aliphatic hydroxyl groups is 1. The number of hydrogen-bond acceptors (Lipinski definition) is 8. The minimum absolute atomic E-state index is 0.0353. The molecular weight excluding hydrogens is 440 g/mol. The Hall–Kier alpha value is -3.91. The molecule has 1 aromatic heterocycles. The molecule has 0 saturated carbocycles. The largest absolute Gasteiger partial charge is 0.507 e. The van der Waals surface area contributed by atoms with Gasteiger partial charge in [0.15, 0.2) is 17.3 Å². The van der Waals surface area contributed by atoms with Crippen LogP contribution >= 0.6 is 0 Å². The van der Waals surface area contributed by atoms with Gasteiger partial charge in [-0.15, -0.1) is 0 Å². The third kappa shape index (κ3) is 4.58. The average Bonchev–Trinajstić information content (AvgIpc) is 2.75. The Bertz CT molecular complexity index is 1360. The summed E-state index contributed by atoms with van der Waals surface area (Å²) in [6.07, 6.45) is 1.04. The van der Waals surface area contributed by atoms with Crippen LogP contribution in [-0.2, 0) is 12.8 Å². The van der Waals surface area contributed by atoms with E-state index in [4.69, 9.17) is 9.15 Å². The lowest BCUT2D eigenvalue weighted by atomic mass is 9.98. The molecule has 34 heavy (non-hydrogen) atoms. The van der Waals surface area contributed by atoms with Crippen LogP contribution in [0.3, 0.4) is 0 Å². The molecular formula is C26H28O8. The number of rotatable bonds is 7. The quantitative estimate of drug-likeness (QED) is 0.256. The predicted molar refractivity (Wildman–Crippen MR) is 129 cm³/mol. The number of methoxy groups -OCH3 is 1. The summed E-state index contributed by atoms with van der Waals surface area (Å²) in [6.45, 7) is 9.07. The first-order valence-electron chi connectivity index (χ1n) is 10.6. The fraction of sp³-hybridized carbons (Fsp3) is 0.269. The smallest absolute Gasteiger partial charge is 0.239 e. The van der Waals surface area contributed by atoms with Crippen LogP contribution in [0.2, 0.25) is 0 Å². The van der Waals surface area contributed by atoms with Gasteiger partial charge < -0.3 is 34.7 Å². The lowest BCUT2D eigenvalue weighted by molar-refractivity contribution is 0.210. The second kappa shape index (κ2) is 9.52. The highest BCUT2D eigenvalue weighted by atomic mass is 16.5. The Morgan fingerprint density at radius 3 is 2.35 bits per heavy atom. The van der Waals surface area contributed by atoms with E-state index in [2.05, 4.69) is 6.58 Å². The Kier molecular flexibility index (Phi) is 6.93. The van der Waals surface area contributed by atoms with Crippen LogP contribution in [0.1, 0.15) is 31.9 Å². The molecule has 3 rings (SSSR count). The number of ether oxygens (including phenoxy) is 1. The fourth-order valence-electron chi connectivity index (χ4n) is 3.60. The normalized spacial score (nSPS) is 11.9. The van der Waals surface area contributed by atoms with Crippen LogP contribution in [0.5, 0.6) is 28.7 Å². The summed E-state index contributed by atoms with van der Waals surface area (Å²) in [6, 6.07) is 3.72. The standard InChI is InChI=1S/C26H28O8/c1-12(2)6-7-16-18(28)11-19(29)21-23(32)26(33-5)24(34-25(16)21)15-8-14(9-17(27)13(3)4)22(31)20(30)10-15/h6,8,10-11,17,27-31H,3,7,9H2,1-2,4-5H3. The van der Waals surface area contributed by atoms with Crippen molar-refractivity contribution in [3.8, 4) is 40.1 Å². The van der Waals surface area contributed by atoms with E-state index in [9.17, 15) is 30.3 Å². The summed E-state index contributed by atoms with van der Waals surface area (Å²) in [5.74, 6) is -1.95. The third-order valence-corrected chi connectivity index (χ3v) is 5.52. The van der Waals surface area contributed by atoms with Crippen molar-refractivity contribution in [2.75, 3.05) is 7.11 Å². The van der Waals surface area contributed by atoms with Crippen molar-refractivity contribution in [1.29, 1.82) is 0 Å². The first-order valence-corrected chi connectivity index (χ1v) is 10.6. The summed E-state index contributed by atoms with van der Waals surface area (Å²) in [7, 11) is 1.26. The van der Waals surface area contributed by atoms with Gasteiger partial charge in [-0.05, 0) is 39.3 Å². The maximum atomic E-state index is 13.3. The number of benzene rings is 2. The van der Waals surface area contributed by atoms with Gasteiger partial charge in [-0.25, -0.2) is 0 Å². The number of phenolic OH excluding ortho intramolecular Hbond substituents is 4. The SMILES string of the molecule is C=C(C)C(O)Cc1cc(-c2oc3c(CC=C(C)C)c(O)cc(O)c3c(=O)c2OC)cc(O)c1O. The molecule has 0 fully saturated rings. The van der Waals surface area contributed by atoms with Crippen LogP contribution in [0.15, 0.2) is 51.2 Å². The van der Waals surface area contributed by atoms with E-state index < -0.39 is 28.8 Å². The number of fused-ring (bicyclic) bond motifs is 1. The van der Waals surface area contributed by atoms with E-state index in [1.807, 2.05) is 19.9 Å². The Morgan fingerprint density at radius 1 is 1.09 bits per heavy atom. The molecule has 0 aliphatic heterocycles. The monoisotopic (exact) mass is 468 g/mol. The highest BCUT2D eigenvalue weighted by Crippen LogP contribution is 2.42. The zero-order valence-electron chi connectivity index (χ0n) is 19.5. The van der Waals surface area contributed by atoms with Gasteiger partial charge in [0.05, 0.1) is 13.2 Å². The van der Waals surface area contributed by atoms with E-state index in [1.54, 1.807) is 6.92 Å². The number of aromatic hydroxyl groups is 4. The van der Waals surface area contributed by atoms with Crippen LogP contribution in [0.25, 0.3) is 22.3 Å². The Morgan fingerprint density at radius 2 is 1.76 bits per heavy atom. The van der Waals surface area contributed by atoms with Gasteiger partial charge in [0, 0.05) is 29.2 Å². The highest BCUT2D eigenvalue weighted by molar-refractivity contribution is 5.91. The van der Waals surface area contributed by atoms with Gasteiger partial charge >= 0.3 is 0 Å². The van der Waals surface area contributed by atoms with Gasteiger partial charge in [0.1, 0.15) is 22.5 Å². The maximum Gasteiger partial charge on any atom is 0.239 e. The Labute approximate surface area is 196 Å². The molecule has 180 valence electrons. The maximum absolute atomic E-state index is 13.3. The minimum atomic E-state index is -0.976. The lowest BCUT2D eigenvalue weighted by Crippen LogP contribution is -2.12. The van der Waals surface area contributed by atoms with Crippen molar-refractivity contribution in [1.82, 2.24) is 0 Å². The number of aliphatic hydroxyl groups excluding tert-OH is 1. The van der Waals surface area contributed by atoms with E-state index >= 15 is 0 Å². The molecule has 0 aliphatic rings. The first kappa shape index (κ1) is 24.7. The zero-order valence-corrected chi connectivity index (χ0v) is 19.5. The lowest BCUT2D eigenvalue weighted by Gasteiger charge is -2.16. The molecule has 1 unspecified atom stereocenters. The van der Waals surface area contributed by atoms with Gasteiger partial charge in [0.2, 0.25) is 11.2 Å². The molecule has 5 N–H and O–H groups in total. The minimum Gasteiger partial charge on any atom is -0.507 e. The van der Waals surface area contributed by atoms with Crippen molar-refractivity contribution in [2.24, 2.45) is 0 Å². The molecule has 0 spiro atoms. The van der Waals surface area contributed by atoms with Gasteiger partial charge in [-0.3, -0.25) is 4.79 Å². The molecule has 0 saturated heterocycles. The molecule has 0 radical (unpaired) electrons. The molecule has 1 atom stereocenters. The van der Waals surface area contributed by atoms with Crippen molar-refractivity contribution < 1.29 is 34.7 Å². The second-order valence-corrected chi connectivity index (χ2v) is 8.45. The fourth-order valence-corrected chi connectivity index (χ4v) is 3.60.